The average Bonchev–Trinajstić information content (AvgIpc) is 2.43. The van der Waals surface area contributed by atoms with Crippen molar-refractivity contribution in [1.82, 2.24) is 5.32 Å². The van der Waals surface area contributed by atoms with E-state index in [2.05, 4.69) is 32.2 Å². The van der Waals surface area contributed by atoms with Crippen LogP contribution >= 0.6 is 0 Å². The van der Waals surface area contributed by atoms with E-state index in [1.54, 1.807) is 12.1 Å². The van der Waals surface area contributed by atoms with Gasteiger partial charge in [-0.25, -0.2) is 0 Å². The van der Waals surface area contributed by atoms with Gasteiger partial charge >= 0.3 is 0 Å². The molecule has 0 aliphatic rings. The summed E-state index contributed by atoms with van der Waals surface area (Å²) in [6.07, 6.45) is 0. The summed E-state index contributed by atoms with van der Waals surface area (Å²) in [7, 11) is 0. The maximum Gasteiger partial charge on any atom is 0.251 e. The molecule has 122 valence electrons. The fourth-order valence-corrected chi connectivity index (χ4v) is 2.28. The SMILES string of the molecule is Cc1cc(C)cc(Oc2cccc(C(=O)NCC(C)(C)C)c2)c1. The van der Waals surface area contributed by atoms with E-state index in [-0.39, 0.29) is 11.3 Å². The summed E-state index contributed by atoms with van der Waals surface area (Å²) in [5, 5.41) is 2.95. The van der Waals surface area contributed by atoms with Gasteiger partial charge in [0.2, 0.25) is 0 Å². The molecule has 0 saturated carbocycles. The lowest BCUT2D eigenvalue weighted by Crippen LogP contribution is -2.32. The molecule has 0 atom stereocenters. The third kappa shape index (κ3) is 5.44. The number of aryl methyl sites for hydroxylation is 2. The Bertz CT molecular complexity index is 679. The van der Waals surface area contributed by atoms with E-state index in [4.69, 9.17) is 4.74 Å². The second-order valence-electron chi connectivity index (χ2n) is 7.20. The van der Waals surface area contributed by atoms with Crippen molar-refractivity contribution in [3.05, 3.63) is 59.2 Å². The first-order valence-electron chi connectivity index (χ1n) is 7.87. The monoisotopic (exact) mass is 311 g/mol. The van der Waals surface area contributed by atoms with Crippen LogP contribution in [0, 0.1) is 19.3 Å². The number of hydrogen-bond acceptors (Lipinski definition) is 2. The van der Waals surface area contributed by atoms with Gasteiger partial charge in [0.05, 0.1) is 0 Å². The van der Waals surface area contributed by atoms with Gasteiger partial charge < -0.3 is 10.1 Å². The van der Waals surface area contributed by atoms with E-state index < -0.39 is 0 Å². The molecule has 0 unspecified atom stereocenters. The Balaban J connectivity index is 2.11. The number of nitrogens with one attached hydrogen (secondary N) is 1. The van der Waals surface area contributed by atoms with Gasteiger partial charge in [0.1, 0.15) is 11.5 Å². The molecule has 0 aromatic heterocycles. The van der Waals surface area contributed by atoms with E-state index in [1.165, 1.54) is 0 Å². The molecule has 2 rings (SSSR count). The van der Waals surface area contributed by atoms with Crippen molar-refractivity contribution in [2.24, 2.45) is 5.41 Å². The molecular weight excluding hydrogens is 286 g/mol. The van der Waals surface area contributed by atoms with Crippen molar-refractivity contribution in [3.63, 3.8) is 0 Å². The minimum absolute atomic E-state index is 0.0584. The van der Waals surface area contributed by atoms with Crippen LogP contribution in [-0.4, -0.2) is 12.5 Å². The molecule has 0 radical (unpaired) electrons. The standard InChI is InChI=1S/C20H25NO2/c1-14-9-15(2)11-18(10-14)23-17-8-6-7-16(12-17)19(22)21-13-20(3,4)5/h6-12H,13H2,1-5H3,(H,21,22). The lowest BCUT2D eigenvalue weighted by Gasteiger charge is -2.18. The number of carbonyl (C=O) groups is 1. The Morgan fingerprint density at radius 2 is 1.65 bits per heavy atom. The highest BCUT2D eigenvalue weighted by atomic mass is 16.5. The zero-order chi connectivity index (χ0) is 17.0. The molecule has 3 nitrogen and oxygen atoms in total. The number of ether oxygens (including phenoxy) is 1. The number of carbonyl (C=O) groups excluding carboxylic acids is 1. The van der Waals surface area contributed by atoms with Crippen molar-refractivity contribution in [1.29, 1.82) is 0 Å². The summed E-state index contributed by atoms with van der Waals surface area (Å²) in [4.78, 5) is 12.2. The van der Waals surface area contributed by atoms with E-state index in [9.17, 15) is 4.79 Å². The van der Waals surface area contributed by atoms with Crippen LogP contribution in [0.4, 0.5) is 0 Å². The van der Waals surface area contributed by atoms with Gasteiger partial charge in [-0.05, 0) is 60.7 Å². The van der Waals surface area contributed by atoms with Crippen molar-refractivity contribution < 1.29 is 9.53 Å². The molecule has 2 aromatic rings. The van der Waals surface area contributed by atoms with Crippen LogP contribution in [-0.2, 0) is 0 Å². The Morgan fingerprint density at radius 1 is 1.00 bits per heavy atom. The van der Waals surface area contributed by atoms with Gasteiger partial charge in [0.25, 0.3) is 5.91 Å². The molecule has 2 aromatic carbocycles. The number of benzene rings is 2. The predicted molar refractivity (Wildman–Crippen MR) is 94.2 cm³/mol. The van der Waals surface area contributed by atoms with Crippen LogP contribution in [0.5, 0.6) is 11.5 Å². The predicted octanol–water partition coefficient (Wildman–Crippen LogP) is 4.87. The van der Waals surface area contributed by atoms with E-state index in [0.29, 0.717) is 17.9 Å². The minimum Gasteiger partial charge on any atom is -0.457 e. The topological polar surface area (TPSA) is 38.3 Å². The van der Waals surface area contributed by atoms with E-state index in [1.807, 2.05) is 38.1 Å². The van der Waals surface area contributed by atoms with Gasteiger partial charge in [-0.15, -0.1) is 0 Å². The molecule has 0 aliphatic heterocycles. The third-order valence-corrected chi connectivity index (χ3v) is 3.31. The van der Waals surface area contributed by atoms with Crippen LogP contribution in [0.2, 0.25) is 0 Å². The van der Waals surface area contributed by atoms with Gasteiger partial charge in [-0.1, -0.05) is 32.9 Å². The van der Waals surface area contributed by atoms with Crippen molar-refractivity contribution in [2.75, 3.05) is 6.54 Å². The van der Waals surface area contributed by atoms with Crippen LogP contribution in [0.1, 0.15) is 42.3 Å². The summed E-state index contributed by atoms with van der Waals surface area (Å²) in [5.41, 5.74) is 2.97. The zero-order valence-corrected chi connectivity index (χ0v) is 14.6. The Kier molecular flexibility index (Phi) is 5.09. The summed E-state index contributed by atoms with van der Waals surface area (Å²) >= 11 is 0. The second-order valence-corrected chi connectivity index (χ2v) is 7.20. The zero-order valence-electron chi connectivity index (χ0n) is 14.6. The fraction of sp³-hybridized carbons (Fsp3) is 0.350. The fourth-order valence-electron chi connectivity index (χ4n) is 2.28. The van der Waals surface area contributed by atoms with Crippen molar-refractivity contribution in [3.8, 4) is 11.5 Å². The lowest BCUT2D eigenvalue weighted by atomic mass is 9.97. The average molecular weight is 311 g/mol. The molecule has 23 heavy (non-hydrogen) atoms. The molecule has 1 amide bonds. The summed E-state index contributed by atoms with van der Waals surface area (Å²) < 4.78 is 5.90. The molecule has 0 saturated heterocycles. The molecule has 0 aliphatic carbocycles. The maximum absolute atomic E-state index is 12.2. The van der Waals surface area contributed by atoms with Crippen molar-refractivity contribution in [2.45, 2.75) is 34.6 Å². The third-order valence-electron chi connectivity index (χ3n) is 3.31. The first kappa shape index (κ1) is 17.1. The smallest absolute Gasteiger partial charge is 0.251 e. The molecule has 0 bridgehead atoms. The summed E-state index contributed by atoms with van der Waals surface area (Å²) in [6.45, 7) is 11.0. The molecule has 1 N–H and O–H groups in total. The van der Waals surface area contributed by atoms with Crippen LogP contribution in [0.25, 0.3) is 0 Å². The van der Waals surface area contributed by atoms with Crippen LogP contribution < -0.4 is 10.1 Å². The Labute approximate surface area is 138 Å². The van der Waals surface area contributed by atoms with E-state index >= 15 is 0 Å². The largest absolute Gasteiger partial charge is 0.457 e. The van der Waals surface area contributed by atoms with E-state index in [0.717, 1.165) is 16.9 Å². The first-order valence-corrected chi connectivity index (χ1v) is 7.87. The van der Waals surface area contributed by atoms with Crippen LogP contribution in [0.15, 0.2) is 42.5 Å². The van der Waals surface area contributed by atoms with Gasteiger partial charge in [0.15, 0.2) is 0 Å². The minimum atomic E-state index is -0.0780. The molecular formula is C20H25NO2. The number of rotatable bonds is 4. The van der Waals surface area contributed by atoms with Gasteiger partial charge in [-0.2, -0.15) is 0 Å². The molecule has 0 heterocycles. The number of hydrogen-bond donors (Lipinski definition) is 1. The van der Waals surface area contributed by atoms with Gasteiger partial charge in [0, 0.05) is 12.1 Å². The highest BCUT2D eigenvalue weighted by Crippen LogP contribution is 2.24. The Hall–Kier alpha value is -2.29. The highest BCUT2D eigenvalue weighted by Gasteiger charge is 2.13. The van der Waals surface area contributed by atoms with Gasteiger partial charge in [-0.3, -0.25) is 4.79 Å². The number of amides is 1. The lowest BCUT2D eigenvalue weighted by molar-refractivity contribution is 0.0939. The molecule has 0 fully saturated rings. The molecule has 3 heteroatoms. The molecule has 0 spiro atoms. The van der Waals surface area contributed by atoms with Crippen LogP contribution in [0.3, 0.4) is 0 Å². The summed E-state index contributed by atoms with van der Waals surface area (Å²) in [5.74, 6) is 1.37. The van der Waals surface area contributed by atoms with Crippen molar-refractivity contribution >= 4 is 5.91 Å². The first-order chi connectivity index (χ1) is 10.7. The highest BCUT2D eigenvalue weighted by molar-refractivity contribution is 5.94. The second kappa shape index (κ2) is 6.86. The quantitative estimate of drug-likeness (QED) is 0.874. The maximum atomic E-state index is 12.2. The normalized spacial score (nSPS) is 11.2. The summed E-state index contributed by atoms with van der Waals surface area (Å²) in [6, 6.07) is 13.3. The Morgan fingerprint density at radius 3 is 2.26 bits per heavy atom.